The van der Waals surface area contributed by atoms with E-state index >= 15 is 0 Å². The fourth-order valence-electron chi connectivity index (χ4n) is 0. The van der Waals surface area contributed by atoms with E-state index in [1.165, 1.54) is 0 Å². The zero-order chi connectivity index (χ0) is 3.58. The SMILES string of the molecule is CC(=O)O.[Re]. The van der Waals surface area contributed by atoms with Gasteiger partial charge in [0, 0.05) is 27.3 Å². The molecule has 0 rings (SSSR count). The fourth-order valence-corrected chi connectivity index (χ4v) is 0. The maximum atomic E-state index is 9.00. The summed E-state index contributed by atoms with van der Waals surface area (Å²) in [5, 5.41) is 7.42. The van der Waals surface area contributed by atoms with E-state index in [2.05, 4.69) is 0 Å². The van der Waals surface area contributed by atoms with Crippen molar-refractivity contribution in [1.29, 1.82) is 0 Å². The van der Waals surface area contributed by atoms with Crippen LogP contribution in [0.15, 0.2) is 0 Å². The third-order valence-corrected chi connectivity index (χ3v) is 0. The molecule has 3 heteroatoms. The van der Waals surface area contributed by atoms with Crippen molar-refractivity contribution in [3.63, 3.8) is 0 Å². The van der Waals surface area contributed by atoms with Gasteiger partial charge in [0.2, 0.25) is 0 Å². The van der Waals surface area contributed by atoms with E-state index in [9.17, 15) is 0 Å². The second-order valence-electron chi connectivity index (χ2n) is 0.519. The summed E-state index contributed by atoms with van der Waals surface area (Å²) in [6.07, 6.45) is 0. The van der Waals surface area contributed by atoms with Crippen molar-refractivity contribution in [2.75, 3.05) is 0 Å². The third-order valence-electron chi connectivity index (χ3n) is 0. The van der Waals surface area contributed by atoms with Gasteiger partial charge in [0.05, 0.1) is 0 Å². The summed E-state index contributed by atoms with van der Waals surface area (Å²) >= 11 is 0. The topological polar surface area (TPSA) is 37.3 Å². The van der Waals surface area contributed by atoms with Gasteiger partial charge in [0.25, 0.3) is 5.97 Å². The van der Waals surface area contributed by atoms with Crippen LogP contribution in [0.3, 0.4) is 0 Å². The molecule has 31 valence electrons. The Morgan fingerprint density at radius 1 is 1.80 bits per heavy atom. The molecule has 0 heterocycles. The number of hydrogen-bond acceptors (Lipinski definition) is 1. The Bertz CT molecular complexity index is 30.6. The van der Waals surface area contributed by atoms with Crippen molar-refractivity contribution in [1.82, 2.24) is 0 Å². The maximum absolute atomic E-state index is 9.00. The van der Waals surface area contributed by atoms with Crippen molar-refractivity contribution in [2.45, 2.75) is 6.92 Å². The fraction of sp³-hybridized carbons (Fsp3) is 0.500. The summed E-state index contributed by atoms with van der Waals surface area (Å²) in [6.45, 7) is 1.08. The van der Waals surface area contributed by atoms with Crippen LogP contribution < -0.4 is 0 Å². The summed E-state index contributed by atoms with van der Waals surface area (Å²) < 4.78 is 0. The molecule has 0 atom stereocenters. The normalized spacial score (nSPS) is 5.00. The molecule has 5 heavy (non-hydrogen) atoms. The molecule has 2 nitrogen and oxygen atoms in total. The van der Waals surface area contributed by atoms with Crippen LogP contribution in [0.25, 0.3) is 0 Å². The van der Waals surface area contributed by atoms with Crippen LogP contribution in [0.1, 0.15) is 6.92 Å². The number of carboxylic acid groups (broad SMARTS) is 1. The molecule has 1 radical (unpaired) electrons. The maximum Gasteiger partial charge on any atom is 0.300 e. The molecule has 0 spiro atoms. The molecule has 0 aliphatic carbocycles. The van der Waals surface area contributed by atoms with Gasteiger partial charge in [-0.1, -0.05) is 0 Å². The van der Waals surface area contributed by atoms with E-state index in [1.54, 1.807) is 0 Å². The molecule has 1 N–H and O–H groups in total. The van der Waals surface area contributed by atoms with Crippen LogP contribution in [0.4, 0.5) is 0 Å². The van der Waals surface area contributed by atoms with Crippen LogP contribution in [-0.4, -0.2) is 11.1 Å². The van der Waals surface area contributed by atoms with Crippen molar-refractivity contribution >= 4 is 5.97 Å². The number of carboxylic acids is 1. The summed E-state index contributed by atoms with van der Waals surface area (Å²) in [7, 11) is 0. The van der Waals surface area contributed by atoms with Crippen LogP contribution in [0.5, 0.6) is 0 Å². The molecular weight excluding hydrogens is 242 g/mol. The second-order valence-corrected chi connectivity index (χ2v) is 0.519. The van der Waals surface area contributed by atoms with Crippen LogP contribution in [-0.2, 0) is 25.2 Å². The molecule has 0 aromatic rings. The molecule has 0 aliphatic rings. The Labute approximate surface area is 43.8 Å². The predicted octanol–water partition coefficient (Wildman–Crippen LogP) is 0.0884. The minimum atomic E-state index is -0.833. The van der Waals surface area contributed by atoms with Gasteiger partial charge >= 0.3 is 0 Å². The molecule has 0 aliphatic heterocycles. The molecule has 0 unspecified atom stereocenters. The largest absolute Gasteiger partial charge is 0.481 e. The Morgan fingerprint density at radius 3 is 1.80 bits per heavy atom. The zero-order valence-electron chi connectivity index (χ0n) is 2.73. The molecule has 0 aromatic carbocycles. The minimum Gasteiger partial charge on any atom is -0.481 e. The molecule has 0 aromatic heterocycles. The Hall–Kier alpha value is 0.132. The summed E-state index contributed by atoms with van der Waals surface area (Å²) in [5.41, 5.74) is 0. The minimum absolute atomic E-state index is 0. The zero-order valence-corrected chi connectivity index (χ0v) is 5.45. The molecule has 0 saturated carbocycles. The van der Waals surface area contributed by atoms with Gasteiger partial charge in [-0.2, -0.15) is 0 Å². The van der Waals surface area contributed by atoms with Crippen LogP contribution in [0, 0.1) is 0 Å². The molecule has 0 saturated heterocycles. The Morgan fingerprint density at radius 2 is 1.80 bits per heavy atom. The predicted molar refractivity (Wildman–Crippen MR) is 13.3 cm³/mol. The van der Waals surface area contributed by atoms with E-state index < -0.39 is 5.97 Å². The number of carbonyl (C=O) groups is 1. The second kappa shape index (κ2) is 4.13. The molecule has 0 fully saturated rings. The third kappa shape index (κ3) is 1070. The van der Waals surface area contributed by atoms with Crippen molar-refractivity contribution in [3.05, 3.63) is 0 Å². The van der Waals surface area contributed by atoms with E-state index in [-0.39, 0.29) is 20.4 Å². The number of aliphatic carboxylic acids is 1. The average Bonchev–Trinajstić information content (AvgIpc) is 0.811. The van der Waals surface area contributed by atoms with Gasteiger partial charge in [-0.25, -0.2) is 0 Å². The first kappa shape index (κ1) is 8.93. The van der Waals surface area contributed by atoms with Gasteiger partial charge in [-0.15, -0.1) is 0 Å². The summed E-state index contributed by atoms with van der Waals surface area (Å²) in [5.74, 6) is -0.833. The smallest absolute Gasteiger partial charge is 0.300 e. The number of hydrogen-bond donors (Lipinski definition) is 1. The van der Waals surface area contributed by atoms with Gasteiger partial charge in [-0.3, -0.25) is 4.79 Å². The number of rotatable bonds is 0. The van der Waals surface area contributed by atoms with Gasteiger partial charge in [0.15, 0.2) is 0 Å². The molecule has 0 amide bonds. The van der Waals surface area contributed by atoms with Crippen molar-refractivity contribution < 1.29 is 30.3 Å². The van der Waals surface area contributed by atoms with E-state index in [1.807, 2.05) is 0 Å². The van der Waals surface area contributed by atoms with Crippen molar-refractivity contribution in [2.24, 2.45) is 0 Å². The van der Waals surface area contributed by atoms with Crippen molar-refractivity contribution in [3.8, 4) is 0 Å². The van der Waals surface area contributed by atoms with Gasteiger partial charge in [0.1, 0.15) is 0 Å². The first-order valence-corrected chi connectivity index (χ1v) is 0.928. The molecule has 0 bridgehead atoms. The standard InChI is InChI=1S/C2H4O2.Re/c1-2(3)4;/h1H3,(H,3,4);. The summed E-state index contributed by atoms with van der Waals surface area (Å²) in [6, 6.07) is 0. The van der Waals surface area contributed by atoms with E-state index in [0.29, 0.717) is 0 Å². The average molecular weight is 246 g/mol. The van der Waals surface area contributed by atoms with E-state index in [4.69, 9.17) is 9.90 Å². The van der Waals surface area contributed by atoms with Crippen LogP contribution in [0.2, 0.25) is 0 Å². The molecular formula is C2H4O2Re. The van der Waals surface area contributed by atoms with Gasteiger partial charge in [-0.05, 0) is 0 Å². The quantitative estimate of drug-likeness (QED) is 0.657. The Balaban J connectivity index is 0. The van der Waals surface area contributed by atoms with Gasteiger partial charge < -0.3 is 5.11 Å². The van der Waals surface area contributed by atoms with Crippen LogP contribution >= 0.6 is 0 Å². The first-order chi connectivity index (χ1) is 1.73. The van der Waals surface area contributed by atoms with E-state index in [0.717, 1.165) is 6.92 Å². The Kier molecular flexibility index (Phi) is 7.38. The summed E-state index contributed by atoms with van der Waals surface area (Å²) in [4.78, 5) is 9.00. The monoisotopic (exact) mass is 247 g/mol. The first-order valence-electron chi connectivity index (χ1n) is 0.928.